The molecule has 1 N–H and O–H groups in total. The number of carbonyl (C=O) groups excluding carboxylic acids is 1. The van der Waals surface area contributed by atoms with Crippen molar-refractivity contribution in [2.24, 2.45) is 11.4 Å². The third-order valence-electron chi connectivity index (χ3n) is 4.40. The molecule has 0 aliphatic carbocycles. The number of likely N-dealkylation sites (N-methyl/N-ethyl adjacent to an activating group) is 1. The molecule has 0 saturated heterocycles. The minimum absolute atomic E-state index is 0.110. The van der Waals surface area contributed by atoms with E-state index in [0.29, 0.717) is 10.7 Å². The number of halogens is 2. The molecule has 0 unspecified atom stereocenters. The smallest absolute Gasteiger partial charge is 0.321 e. The normalized spacial score (nSPS) is 15.4. The molecule has 0 fully saturated rings. The number of allylic oxidation sites excluding steroid dienone is 1. The third-order valence-corrected chi connectivity index (χ3v) is 6.96. The van der Waals surface area contributed by atoms with Gasteiger partial charge in [0.15, 0.2) is 5.82 Å². The Morgan fingerprint density at radius 2 is 2.03 bits per heavy atom. The number of rotatable bonds is 4. The first-order valence-electron chi connectivity index (χ1n) is 8.66. The Labute approximate surface area is 185 Å². The van der Waals surface area contributed by atoms with E-state index in [2.05, 4.69) is 19.8 Å². The Morgan fingerprint density at radius 3 is 2.71 bits per heavy atom. The quantitative estimate of drug-likeness (QED) is 0.617. The number of nitrogens with one attached hydrogen (secondary N) is 1. The largest absolute Gasteiger partial charge is 0.345 e. The highest BCUT2D eigenvalue weighted by molar-refractivity contribution is 7.88. The summed E-state index contributed by atoms with van der Waals surface area (Å²) in [6.45, 7) is 0. The zero-order valence-corrected chi connectivity index (χ0v) is 18.5. The molecule has 3 heterocycles. The van der Waals surface area contributed by atoms with Gasteiger partial charge in [-0.15, -0.1) is 15.7 Å². The molecule has 1 aromatic carbocycles. The molecule has 31 heavy (non-hydrogen) atoms. The number of benzene rings is 1. The number of hydrogen-bond acceptors (Lipinski definition) is 6. The Balaban J connectivity index is 1.67. The van der Waals surface area contributed by atoms with Crippen LogP contribution in [0.4, 0.5) is 10.1 Å². The van der Waals surface area contributed by atoms with Crippen LogP contribution in [-0.4, -0.2) is 46.2 Å². The number of aryl methyl sites for hydroxylation is 1. The molecule has 160 valence electrons. The highest BCUT2D eigenvalue weighted by atomic mass is 35.5. The number of nitrogens with zero attached hydrogens (tertiary/aromatic N) is 5. The van der Waals surface area contributed by atoms with Crippen LogP contribution in [0.3, 0.4) is 0 Å². The van der Waals surface area contributed by atoms with E-state index >= 15 is 0 Å². The standard InChI is InChI=1S/C18H14ClFN6O3S2/c1-25-17(21-9-22-25)10-5-16(30-8-10)14-7-15(26(2)31(28,29)24-14)18(27)23-11-3-4-13(20)12(19)6-11/h3-9H,1-2H3,(H,23,27). The van der Waals surface area contributed by atoms with E-state index in [0.717, 1.165) is 15.9 Å². The fourth-order valence-corrected chi connectivity index (χ4v) is 4.79. The van der Waals surface area contributed by atoms with Gasteiger partial charge in [0.2, 0.25) is 0 Å². The van der Waals surface area contributed by atoms with E-state index < -0.39 is 21.9 Å². The van der Waals surface area contributed by atoms with Crippen molar-refractivity contribution in [2.45, 2.75) is 0 Å². The number of hydrogen-bond donors (Lipinski definition) is 1. The molecule has 3 aromatic rings. The first-order valence-corrected chi connectivity index (χ1v) is 11.3. The molecule has 0 saturated carbocycles. The van der Waals surface area contributed by atoms with E-state index in [9.17, 15) is 17.6 Å². The van der Waals surface area contributed by atoms with Crippen LogP contribution in [0.2, 0.25) is 5.02 Å². The SMILES string of the molecule is CN1C(C(=O)Nc2ccc(F)c(Cl)c2)=CC(c2cc(-c3ncnn3C)cs2)=NS1(=O)=O. The molecule has 1 aliphatic heterocycles. The van der Waals surface area contributed by atoms with Crippen LogP contribution in [0.15, 0.2) is 52.1 Å². The van der Waals surface area contributed by atoms with Crippen LogP contribution < -0.4 is 5.32 Å². The van der Waals surface area contributed by atoms with Crippen molar-refractivity contribution < 1.29 is 17.6 Å². The van der Waals surface area contributed by atoms with E-state index in [4.69, 9.17) is 11.6 Å². The van der Waals surface area contributed by atoms with Gasteiger partial charge < -0.3 is 5.32 Å². The molecule has 4 rings (SSSR count). The van der Waals surface area contributed by atoms with Crippen molar-refractivity contribution in [2.75, 3.05) is 12.4 Å². The monoisotopic (exact) mass is 480 g/mol. The molecule has 0 spiro atoms. The van der Waals surface area contributed by atoms with E-state index in [1.54, 1.807) is 23.2 Å². The minimum atomic E-state index is -4.13. The van der Waals surface area contributed by atoms with E-state index in [1.165, 1.54) is 42.9 Å². The number of anilines is 1. The fourth-order valence-electron chi connectivity index (χ4n) is 2.80. The number of aromatic nitrogens is 3. The lowest BCUT2D eigenvalue weighted by Gasteiger charge is -2.23. The molecule has 1 amide bonds. The molecule has 1 aliphatic rings. The number of amides is 1. The maximum Gasteiger partial charge on any atom is 0.345 e. The van der Waals surface area contributed by atoms with Crippen molar-refractivity contribution in [3.8, 4) is 11.4 Å². The molecule has 9 nitrogen and oxygen atoms in total. The second-order valence-electron chi connectivity index (χ2n) is 6.44. The molecule has 0 radical (unpaired) electrons. The van der Waals surface area contributed by atoms with Gasteiger partial charge >= 0.3 is 10.2 Å². The molecule has 0 bridgehead atoms. The van der Waals surface area contributed by atoms with E-state index in [-0.39, 0.29) is 22.1 Å². The van der Waals surface area contributed by atoms with Crippen LogP contribution in [-0.2, 0) is 22.1 Å². The lowest BCUT2D eigenvalue weighted by Crippen LogP contribution is -2.35. The Kier molecular flexibility index (Phi) is 5.37. The Hall–Kier alpha value is -3.09. The van der Waals surface area contributed by atoms with Crippen molar-refractivity contribution in [3.63, 3.8) is 0 Å². The molecule has 2 aromatic heterocycles. The summed E-state index contributed by atoms with van der Waals surface area (Å²) in [7, 11) is -1.18. The first kappa shape index (κ1) is 21.2. The van der Waals surface area contributed by atoms with Crippen molar-refractivity contribution >= 4 is 50.5 Å². The second kappa shape index (κ2) is 7.87. The summed E-state index contributed by atoms with van der Waals surface area (Å²) in [5.74, 6) is -0.748. The van der Waals surface area contributed by atoms with Gasteiger partial charge in [0.25, 0.3) is 5.91 Å². The average Bonchev–Trinajstić information content (AvgIpc) is 3.35. The van der Waals surface area contributed by atoms with Gasteiger partial charge in [-0.1, -0.05) is 11.6 Å². The van der Waals surface area contributed by atoms with Gasteiger partial charge in [0.05, 0.1) is 15.6 Å². The van der Waals surface area contributed by atoms with Crippen molar-refractivity contribution in [3.05, 3.63) is 63.5 Å². The number of carbonyl (C=O) groups is 1. The van der Waals surface area contributed by atoms with Crippen molar-refractivity contribution in [1.29, 1.82) is 0 Å². The Bertz CT molecular complexity index is 1360. The molecular weight excluding hydrogens is 467 g/mol. The highest BCUT2D eigenvalue weighted by Crippen LogP contribution is 2.28. The van der Waals surface area contributed by atoms with E-state index in [1.807, 2.05) is 0 Å². The number of thiophene rings is 1. The summed E-state index contributed by atoms with van der Waals surface area (Å²) in [5, 5.41) is 8.15. The van der Waals surface area contributed by atoms with Crippen LogP contribution in [0.25, 0.3) is 11.4 Å². The molecule has 0 atom stereocenters. The van der Waals surface area contributed by atoms with Crippen LogP contribution >= 0.6 is 22.9 Å². The summed E-state index contributed by atoms with van der Waals surface area (Å²) in [6, 6.07) is 5.37. The summed E-state index contributed by atoms with van der Waals surface area (Å²) in [4.78, 5) is 17.5. The summed E-state index contributed by atoms with van der Waals surface area (Å²) >= 11 is 7.00. The molecule has 13 heteroatoms. The van der Waals surface area contributed by atoms with Crippen molar-refractivity contribution in [1.82, 2.24) is 19.1 Å². The van der Waals surface area contributed by atoms with Gasteiger partial charge in [-0.25, -0.2) is 18.4 Å². The average molecular weight is 481 g/mol. The third kappa shape index (κ3) is 4.09. The maximum atomic E-state index is 13.4. The van der Waals surface area contributed by atoms with Gasteiger partial charge in [-0.2, -0.15) is 13.5 Å². The molecular formula is C18H14ClFN6O3S2. The van der Waals surface area contributed by atoms with Crippen LogP contribution in [0.5, 0.6) is 0 Å². The predicted octanol–water partition coefficient (Wildman–Crippen LogP) is 2.84. The van der Waals surface area contributed by atoms with Gasteiger partial charge in [0.1, 0.15) is 17.8 Å². The van der Waals surface area contributed by atoms with Gasteiger partial charge in [0, 0.05) is 30.7 Å². The Morgan fingerprint density at radius 1 is 1.26 bits per heavy atom. The maximum absolute atomic E-state index is 13.4. The minimum Gasteiger partial charge on any atom is -0.321 e. The summed E-state index contributed by atoms with van der Waals surface area (Å²) in [5.41, 5.74) is 0.907. The van der Waals surface area contributed by atoms with Gasteiger partial charge in [-0.3, -0.25) is 4.79 Å². The zero-order valence-electron chi connectivity index (χ0n) is 16.1. The summed E-state index contributed by atoms with van der Waals surface area (Å²) < 4.78 is 44.6. The lowest BCUT2D eigenvalue weighted by molar-refractivity contribution is -0.113. The first-order chi connectivity index (χ1) is 14.7. The topological polar surface area (TPSA) is 110 Å². The predicted molar refractivity (Wildman–Crippen MR) is 116 cm³/mol. The van der Waals surface area contributed by atoms with Crippen LogP contribution in [0, 0.1) is 5.82 Å². The van der Waals surface area contributed by atoms with Crippen LogP contribution in [0.1, 0.15) is 4.88 Å². The summed E-state index contributed by atoms with van der Waals surface area (Å²) in [6.07, 6.45) is 2.78. The lowest BCUT2D eigenvalue weighted by atomic mass is 10.2. The second-order valence-corrected chi connectivity index (χ2v) is 9.39. The highest BCUT2D eigenvalue weighted by Gasteiger charge is 2.30. The van der Waals surface area contributed by atoms with Gasteiger partial charge in [-0.05, 0) is 30.3 Å². The fraction of sp³-hybridized carbons (Fsp3) is 0.111. The zero-order chi connectivity index (χ0) is 22.3.